The fourth-order valence-corrected chi connectivity index (χ4v) is 2.54. The van der Waals surface area contributed by atoms with Gasteiger partial charge in [-0.15, -0.1) is 0 Å². The van der Waals surface area contributed by atoms with Crippen LogP contribution in [0.2, 0.25) is 0 Å². The van der Waals surface area contributed by atoms with Crippen molar-refractivity contribution in [3.8, 4) is 5.75 Å². The quantitative estimate of drug-likeness (QED) is 0.414. The highest BCUT2D eigenvalue weighted by atomic mass is 35.5. The predicted molar refractivity (Wildman–Crippen MR) is 114 cm³/mol. The number of methoxy groups -OCH3 is 1. The molecule has 0 spiro atoms. The minimum atomic E-state index is -0.198. The van der Waals surface area contributed by atoms with Crippen LogP contribution in [0, 0.1) is 5.92 Å². The van der Waals surface area contributed by atoms with Crippen molar-refractivity contribution in [3.05, 3.63) is 77.5 Å². The number of hydrogen-bond donors (Lipinski definition) is 1. The number of aliphatic imine (C=N–C) groups is 1. The van der Waals surface area contributed by atoms with Crippen molar-refractivity contribution >= 4 is 18.3 Å². The number of ether oxygens (including phenoxy) is 1. The maximum absolute atomic E-state index is 5.91. The van der Waals surface area contributed by atoms with Gasteiger partial charge in [-0.2, -0.15) is 0 Å². The highest BCUT2D eigenvalue weighted by Crippen LogP contribution is 2.29. The lowest BCUT2D eigenvalue weighted by Gasteiger charge is -2.29. The Morgan fingerprint density at radius 2 is 1.81 bits per heavy atom. The van der Waals surface area contributed by atoms with Crippen LogP contribution in [-0.2, 0) is 0 Å². The fraction of sp³-hybridized carbons (Fsp3) is 0.318. The van der Waals surface area contributed by atoms with Gasteiger partial charge in [0.15, 0.2) is 0 Å². The van der Waals surface area contributed by atoms with E-state index in [4.69, 9.17) is 16.3 Å². The highest BCUT2D eigenvalue weighted by molar-refractivity contribution is 6.30. The molecule has 1 aromatic rings. The molecular weight excluding hydrogens is 344 g/mol. The van der Waals surface area contributed by atoms with Crippen molar-refractivity contribution in [2.24, 2.45) is 10.9 Å². The van der Waals surface area contributed by atoms with Crippen LogP contribution in [0.3, 0.4) is 0 Å². The Hall–Kier alpha value is -2.26. The van der Waals surface area contributed by atoms with E-state index in [9.17, 15) is 0 Å². The molecule has 3 nitrogen and oxygen atoms in total. The van der Waals surface area contributed by atoms with E-state index in [0.717, 1.165) is 22.6 Å². The largest absolute Gasteiger partial charge is 0.497 e. The summed E-state index contributed by atoms with van der Waals surface area (Å²) < 4.78 is 5.25. The summed E-state index contributed by atoms with van der Waals surface area (Å²) >= 11 is 5.91. The van der Waals surface area contributed by atoms with Crippen molar-refractivity contribution in [1.29, 1.82) is 0 Å². The first-order valence-corrected chi connectivity index (χ1v) is 8.95. The number of benzene rings is 1. The molecule has 2 unspecified atom stereocenters. The van der Waals surface area contributed by atoms with Crippen molar-refractivity contribution in [2.45, 2.75) is 32.9 Å². The smallest absolute Gasteiger partial charge is 0.118 e. The van der Waals surface area contributed by atoms with Gasteiger partial charge in [-0.3, -0.25) is 4.99 Å². The lowest BCUT2D eigenvalue weighted by molar-refractivity contribution is 0.414. The molecule has 0 radical (unpaired) electrons. The number of halogens is 1. The number of allylic oxidation sites excluding steroid dienone is 4. The van der Waals surface area contributed by atoms with Crippen LogP contribution in [0.5, 0.6) is 5.75 Å². The molecule has 0 aliphatic heterocycles. The number of rotatable bonds is 10. The van der Waals surface area contributed by atoms with E-state index < -0.39 is 0 Å². The first-order chi connectivity index (χ1) is 12.3. The third-order valence-corrected chi connectivity index (χ3v) is 4.28. The van der Waals surface area contributed by atoms with Crippen LogP contribution in [0.15, 0.2) is 76.9 Å². The fourth-order valence-electron chi connectivity index (χ4n) is 2.48. The van der Waals surface area contributed by atoms with Crippen LogP contribution in [-0.4, -0.2) is 19.9 Å². The van der Waals surface area contributed by atoms with E-state index in [2.05, 4.69) is 44.0 Å². The van der Waals surface area contributed by atoms with E-state index in [0.29, 0.717) is 11.0 Å². The molecule has 1 N–H and O–H groups in total. The highest BCUT2D eigenvalue weighted by Gasteiger charge is 2.25. The molecule has 1 rings (SSSR count). The van der Waals surface area contributed by atoms with Crippen LogP contribution >= 0.6 is 11.6 Å². The molecule has 0 fully saturated rings. The molecule has 1 aromatic carbocycles. The predicted octanol–water partition coefficient (Wildman–Crippen LogP) is 5.82. The third kappa shape index (κ3) is 6.23. The topological polar surface area (TPSA) is 33.6 Å². The first-order valence-electron chi connectivity index (χ1n) is 8.57. The van der Waals surface area contributed by atoms with Crippen LogP contribution in [0.25, 0.3) is 0 Å². The monoisotopic (exact) mass is 372 g/mol. The molecule has 0 saturated carbocycles. The molecular formula is C22H29ClN2O. The Balaban J connectivity index is 3.31. The zero-order valence-electron chi connectivity index (χ0n) is 16.1. The van der Waals surface area contributed by atoms with Crippen LogP contribution in [0.4, 0.5) is 0 Å². The summed E-state index contributed by atoms with van der Waals surface area (Å²) in [5, 5.41) is 3.99. The summed E-state index contributed by atoms with van der Waals surface area (Å²) in [5.74, 6) is 1.10. The minimum Gasteiger partial charge on any atom is -0.497 e. The molecule has 2 atom stereocenters. The Bertz CT molecular complexity index is 687. The maximum Gasteiger partial charge on any atom is 0.118 e. The van der Waals surface area contributed by atoms with Crippen LogP contribution < -0.4 is 10.1 Å². The summed E-state index contributed by atoms with van der Waals surface area (Å²) in [4.78, 5) is 4.40. The van der Waals surface area contributed by atoms with E-state index in [1.807, 2.05) is 43.3 Å². The second-order valence-corrected chi connectivity index (χ2v) is 6.76. The van der Waals surface area contributed by atoms with Gasteiger partial charge in [-0.25, -0.2) is 0 Å². The van der Waals surface area contributed by atoms with E-state index in [1.165, 1.54) is 0 Å². The van der Waals surface area contributed by atoms with E-state index in [1.54, 1.807) is 13.2 Å². The second-order valence-electron chi connectivity index (χ2n) is 6.27. The Morgan fingerprint density at radius 1 is 1.19 bits per heavy atom. The Kier molecular flexibility index (Phi) is 8.94. The molecule has 0 amide bonds. The van der Waals surface area contributed by atoms with Gasteiger partial charge < -0.3 is 10.1 Å². The standard InChI is InChI=1S/C22H29ClN2O/c1-8-18(10-9-16(4)23)22(25-17(5)15(2)3)21(24-6)19-11-13-20(26-7)14-12-19/h8-15,21-22,25H,4-6H2,1-3,7H3/b10-9-,18-8+. The molecule has 0 aromatic heterocycles. The number of hydrogen-bond acceptors (Lipinski definition) is 3. The molecule has 140 valence electrons. The summed E-state index contributed by atoms with van der Waals surface area (Å²) in [7, 11) is 1.65. The van der Waals surface area contributed by atoms with Gasteiger partial charge in [0.05, 0.1) is 19.2 Å². The summed E-state index contributed by atoms with van der Waals surface area (Å²) in [5.41, 5.74) is 3.00. The van der Waals surface area contributed by atoms with Gasteiger partial charge in [0.2, 0.25) is 0 Å². The SMILES string of the molecule is C=NC(c1ccc(OC)cc1)C(NC(=C)C(C)C)C(/C=C\C(=C)Cl)=C/C. The summed E-state index contributed by atoms with van der Waals surface area (Å²) in [6, 6.07) is 7.52. The number of nitrogens with one attached hydrogen (secondary N) is 1. The molecule has 0 aliphatic rings. The maximum atomic E-state index is 5.91. The lowest BCUT2D eigenvalue weighted by atomic mass is 9.92. The average molecular weight is 373 g/mol. The molecule has 26 heavy (non-hydrogen) atoms. The van der Waals surface area contributed by atoms with E-state index >= 15 is 0 Å². The summed E-state index contributed by atoms with van der Waals surface area (Å²) in [6.07, 6.45) is 5.75. The van der Waals surface area contributed by atoms with Gasteiger partial charge in [0, 0.05) is 10.7 Å². The van der Waals surface area contributed by atoms with E-state index in [-0.39, 0.29) is 12.1 Å². The number of nitrogens with zero attached hydrogens (tertiary/aromatic N) is 1. The zero-order chi connectivity index (χ0) is 19.7. The van der Waals surface area contributed by atoms with Gasteiger partial charge in [-0.05, 0) is 48.9 Å². The van der Waals surface area contributed by atoms with Gasteiger partial charge in [0.1, 0.15) is 5.75 Å². The van der Waals surface area contributed by atoms with Crippen molar-refractivity contribution in [1.82, 2.24) is 5.32 Å². The molecule has 0 saturated heterocycles. The van der Waals surface area contributed by atoms with Gasteiger partial charge in [0.25, 0.3) is 0 Å². The first kappa shape index (κ1) is 21.8. The average Bonchev–Trinajstić information content (AvgIpc) is 2.62. The van der Waals surface area contributed by atoms with Gasteiger partial charge in [-0.1, -0.05) is 62.9 Å². The molecule has 0 bridgehead atoms. The molecule has 4 heteroatoms. The van der Waals surface area contributed by atoms with Gasteiger partial charge >= 0.3 is 0 Å². The normalized spacial score (nSPS) is 14.2. The van der Waals surface area contributed by atoms with Crippen molar-refractivity contribution in [3.63, 3.8) is 0 Å². The molecule has 0 aliphatic carbocycles. The van der Waals surface area contributed by atoms with Crippen molar-refractivity contribution < 1.29 is 4.74 Å². The molecule has 0 heterocycles. The second kappa shape index (κ2) is 10.7. The van der Waals surface area contributed by atoms with Crippen molar-refractivity contribution in [2.75, 3.05) is 7.11 Å². The Morgan fingerprint density at radius 3 is 2.23 bits per heavy atom. The Labute approximate surface area is 162 Å². The lowest BCUT2D eigenvalue weighted by Crippen LogP contribution is -2.36. The third-order valence-electron chi connectivity index (χ3n) is 4.16. The minimum absolute atomic E-state index is 0.131. The zero-order valence-corrected chi connectivity index (χ0v) is 16.9. The van der Waals surface area contributed by atoms with Crippen LogP contribution in [0.1, 0.15) is 32.4 Å². The summed E-state index contributed by atoms with van der Waals surface area (Å²) in [6.45, 7) is 17.9.